The second-order valence-corrected chi connectivity index (χ2v) is 4.83. The van der Waals surface area contributed by atoms with Crippen LogP contribution in [0, 0.1) is 6.92 Å². The lowest BCUT2D eigenvalue weighted by atomic mass is 9.85. The Morgan fingerprint density at radius 3 is 2.94 bits per heavy atom. The van der Waals surface area contributed by atoms with Crippen LogP contribution >= 0.6 is 11.6 Å². The molecule has 1 aliphatic carbocycles. The van der Waals surface area contributed by atoms with E-state index in [2.05, 4.69) is 10.3 Å². The second kappa shape index (κ2) is 5.87. The third kappa shape index (κ3) is 2.60. The first-order valence-electron chi connectivity index (χ1n) is 6.19. The lowest BCUT2D eigenvalue weighted by Gasteiger charge is -2.44. The maximum atomic E-state index is 6.10. The van der Waals surface area contributed by atoms with Gasteiger partial charge in [-0.1, -0.05) is 11.6 Å². The smallest absolute Gasteiger partial charge is 0.152 e. The van der Waals surface area contributed by atoms with Gasteiger partial charge in [0.25, 0.3) is 0 Å². The third-order valence-corrected chi connectivity index (χ3v) is 3.63. The van der Waals surface area contributed by atoms with E-state index in [-0.39, 0.29) is 18.2 Å². The monoisotopic (exact) mass is 270 g/mol. The molecule has 1 N–H and O–H groups in total. The van der Waals surface area contributed by atoms with Crippen molar-refractivity contribution in [3.63, 3.8) is 0 Å². The number of ether oxygens (including phenoxy) is 2. The van der Waals surface area contributed by atoms with Gasteiger partial charge in [0.2, 0.25) is 0 Å². The number of aryl methyl sites for hydroxylation is 1. The Balaban J connectivity index is 2.03. The molecule has 1 saturated carbocycles. The number of methoxy groups -OCH3 is 1. The van der Waals surface area contributed by atoms with Crippen LogP contribution in [-0.2, 0) is 9.47 Å². The van der Waals surface area contributed by atoms with Crippen molar-refractivity contribution in [1.82, 2.24) is 4.98 Å². The number of aromatic nitrogens is 1. The van der Waals surface area contributed by atoms with E-state index in [1.54, 1.807) is 13.3 Å². The number of pyridine rings is 1. The van der Waals surface area contributed by atoms with Crippen LogP contribution in [0.5, 0.6) is 0 Å². The summed E-state index contributed by atoms with van der Waals surface area (Å²) in [7, 11) is 1.71. The molecule has 1 fully saturated rings. The average Bonchev–Trinajstić information content (AvgIpc) is 2.31. The van der Waals surface area contributed by atoms with Crippen LogP contribution in [0.1, 0.15) is 18.9 Å². The second-order valence-electron chi connectivity index (χ2n) is 4.47. The van der Waals surface area contributed by atoms with E-state index in [0.717, 1.165) is 17.7 Å². The number of anilines is 1. The molecule has 1 aromatic heterocycles. The molecule has 3 atom stereocenters. The fourth-order valence-electron chi connectivity index (χ4n) is 2.30. The van der Waals surface area contributed by atoms with Crippen LogP contribution in [0.3, 0.4) is 0 Å². The number of nitrogens with zero attached hydrogens (tertiary/aromatic N) is 1. The fourth-order valence-corrected chi connectivity index (χ4v) is 2.56. The number of halogens is 1. The highest BCUT2D eigenvalue weighted by Gasteiger charge is 2.42. The number of nitrogens with one attached hydrogen (secondary N) is 1. The summed E-state index contributed by atoms with van der Waals surface area (Å²) in [5, 5.41) is 3.91. The Kier molecular flexibility index (Phi) is 4.43. The maximum absolute atomic E-state index is 6.10. The van der Waals surface area contributed by atoms with E-state index in [4.69, 9.17) is 21.1 Å². The molecule has 0 amide bonds. The maximum Gasteiger partial charge on any atom is 0.152 e. The van der Waals surface area contributed by atoms with Crippen LogP contribution in [0.25, 0.3) is 0 Å². The zero-order valence-electron chi connectivity index (χ0n) is 10.9. The molecular weight excluding hydrogens is 252 g/mol. The Bertz CT molecular complexity index is 394. The highest BCUT2D eigenvalue weighted by molar-refractivity contribution is 6.32. The average molecular weight is 271 g/mol. The van der Waals surface area contributed by atoms with Crippen LogP contribution in [0.2, 0.25) is 5.15 Å². The lowest BCUT2D eigenvalue weighted by Crippen LogP contribution is -2.56. The summed E-state index contributed by atoms with van der Waals surface area (Å²) in [5.74, 6) is 0. The van der Waals surface area contributed by atoms with Crippen LogP contribution in [-0.4, -0.2) is 37.0 Å². The molecule has 1 heterocycles. The predicted octanol–water partition coefficient (Wildman–Crippen LogP) is 2.65. The summed E-state index contributed by atoms with van der Waals surface area (Å²) in [4.78, 5) is 4.09. The first kappa shape index (κ1) is 13.6. The van der Waals surface area contributed by atoms with Gasteiger partial charge >= 0.3 is 0 Å². The van der Waals surface area contributed by atoms with E-state index in [9.17, 15) is 0 Å². The van der Waals surface area contributed by atoms with Crippen LogP contribution in [0.15, 0.2) is 12.3 Å². The summed E-state index contributed by atoms with van der Waals surface area (Å²) in [6.45, 7) is 4.72. The van der Waals surface area contributed by atoms with Gasteiger partial charge in [-0.2, -0.15) is 0 Å². The van der Waals surface area contributed by atoms with Crippen molar-refractivity contribution >= 4 is 17.3 Å². The molecule has 5 heteroatoms. The van der Waals surface area contributed by atoms with Gasteiger partial charge in [-0.15, -0.1) is 0 Å². The molecule has 0 spiro atoms. The molecule has 1 aromatic rings. The molecule has 3 unspecified atom stereocenters. The van der Waals surface area contributed by atoms with E-state index in [0.29, 0.717) is 11.8 Å². The zero-order valence-corrected chi connectivity index (χ0v) is 11.7. The van der Waals surface area contributed by atoms with Gasteiger partial charge in [-0.05, 0) is 31.9 Å². The van der Waals surface area contributed by atoms with Gasteiger partial charge in [-0.3, -0.25) is 0 Å². The van der Waals surface area contributed by atoms with Gasteiger partial charge < -0.3 is 14.8 Å². The minimum atomic E-state index is 0.0700. The normalized spacial score (nSPS) is 26.8. The van der Waals surface area contributed by atoms with E-state index >= 15 is 0 Å². The van der Waals surface area contributed by atoms with Gasteiger partial charge in [-0.25, -0.2) is 4.98 Å². The Hall–Kier alpha value is -0.840. The number of hydrogen-bond acceptors (Lipinski definition) is 4. The number of rotatable bonds is 5. The minimum Gasteiger partial charge on any atom is -0.377 e. The van der Waals surface area contributed by atoms with Gasteiger partial charge in [0, 0.05) is 19.9 Å². The highest BCUT2D eigenvalue weighted by atomic mass is 35.5. The Labute approximate surface area is 113 Å². The molecule has 4 nitrogen and oxygen atoms in total. The van der Waals surface area contributed by atoms with E-state index in [1.807, 2.05) is 19.9 Å². The van der Waals surface area contributed by atoms with Crippen molar-refractivity contribution in [2.24, 2.45) is 0 Å². The first-order chi connectivity index (χ1) is 8.67. The van der Waals surface area contributed by atoms with E-state index < -0.39 is 0 Å². The lowest BCUT2D eigenvalue weighted by molar-refractivity contribution is -0.118. The third-order valence-electron chi connectivity index (χ3n) is 3.34. The molecule has 0 radical (unpaired) electrons. The fraction of sp³-hybridized carbons (Fsp3) is 0.615. The summed E-state index contributed by atoms with van der Waals surface area (Å²) >= 11 is 6.10. The van der Waals surface area contributed by atoms with Crippen LogP contribution < -0.4 is 5.32 Å². The van der Waals surface area contributed by atoms with Crippen LogP contribution in [0.4, 0.5) is 5.69 Å². The Morgan fingerprint density at radius 2 is 2.33 bits per heavy atom. The summed E-state index contributed by atoms with van der Waals surface area (Å²) in [5.41, 5.74) is 1.98. The molecule has 1 aliphatic rings. The van der Waals surface area contributed by atoms with Crippen molar-refractivity contribution < 1.29 is 9.47 Å². The predicted molar refractivity (Wildman–Crippen MR) is 72.2 cm³/mol. The molecule has 100 valence electrons. The molecular formula is C13H19ClN2O2. The topological polar surface area (TPSA) is 43.4 Å². The molecule has 0 aliphatic heterocycles. The van der Waals surface area contributed by atoms with Crippen molar-refractivity contribution in [2.75, 3.05) is 19.0 Å². The number of hydrogen-bond donors (Lipinski definition) is 1. The molecule has 0 saturated heterocycles. The SMILES string of the molecule is CCOC1CC(Nc2c(C)ccnc2Cl)C1OC. The van der Waals surface area contributed by atoms with Gasteiger partial charge in [0.15, 0.2) is 5.15 Å². The molecule has 0 aromatic carbocycles. The molecule has 18 heavy (non-hydrogen) atoms. The zero-order chi connectivity index (χ0) is 13.1. The Morgan fingerprint density at radius 1 is 1.56 bits per heavy atom. The van der Waals surface area contributed by atoms with Crippen molar-refractivity contribution in [3.05, 3.63) is 23.0 Å². The summed E-state index contributed by atoms with van der Waals surface area (Å²) < 4.78 is 11.1. The quantitative estimate of drug-likeness (QED) is 0.836. The molecule has 0 bridgehead atoms. The summed E-state index contributed by atoms with van der Waals surface area (Å²) in [6, 6.07) is 2.17. The first-order valence-corrected chi connectivity index (χ1v) is 6.57. The van der Waals surface area contributed by atoms with Crippen molar-refractivity contribution in [3.8, 4) is 0 Å². The van der Waals surface area contributed by atoms with Gasteiger partial charge in [0.05, 0.1) is 17.8 Å². The minimum absolute atomic E-state index is 0.0700. The van der Waals surface area contributed by atoms with E-state index in [1.165, 1.54) is 0 Å². The summed E-state index contributed by atoms with van der Waals surface area (Å²) in [6.07, 6.45) is 2.88. The largest absolute Gasteiger partial charge is 0.377 e. The highest BCUT2D eigenvalue weighted by Crippen LogP contribution is 2.32. The molecule has 2 rings (SSSR count). The van der Waals surface area contributed by atoms with Gasteiger partial charge in [0.1, 0.15) is 6.10 Å². The van der Waals surface area contributed by atoms with Crippen molar-refractivity contribution in [1.29, 1.82) is 0 Å². The van der Waals surface area contributed by atoms with Crippen molar-refractivity contribution in [2.45, 2.75) is 38.5 Å². The standard InChI is InChI=1S/C13H19ClN2O2/c1-4-18-10-7-9(12(10)17-3)16-11-8(2)5-6-15-13(11)14/h5-6,9-10,12,16H,4,7H2,1-3H3.